The van der Waals surface area contributed by atoms with Crippen molar-refractivity contribution in [3.05, 3.63) is 70.4 Å². The van der Waals surface area contributed by atoms with E-state index in [1.165, 1.54) is 22.0 Å². The van der Waals surface area contributed by atoms with Gasteiger partial charge in [-0.2, -0.15) is 0 Å². The number of rotatable bonds is 2. The van der Waals surface area contributed by atoms with Gasteiger partial charge in [-0.1, -0.05) is 35.9 Å². The van der Waals surface area contributed by atoms with Gasteiger partial charge in [0.2, 0.25) is 0 Å². The highest BCUT2D eigenvalue weighted by molar-refractivity contribution is 6.31. The molecule has 0 aliphatic heterocycles. The third kappa shape index (κ3) is 2.26. The molecule has 0 unspecified atom stereocenters. The van der Waals surface area contributed by atoms with Gasteiger partial charge in [-0.3, -0.25) is 0 Å². The highest BCUT2D eigenvalue weighted by atomic mass is 35.5. The molecule has 0 amide bonds. The van der Waals surface area contributed by atoms with Crippen LogP contribution in [0, 0.1) is 13.8 Å². The van der Waals surface area contributed by atoms with Crippen molar-refractivity contribution in [1.29, 1.82) is 0 Å². The zero-order chi connectivity index (χ0) is 13.4. The summed E-state index contributed by atoms with van der Waals surface area (Å²) in [4.78, 5) is 0. The van der Waals surface area contributed by atoms with Gasteiger partial charge in [-0.05, 0) is 48.7 Å². The SMILES string of the molecule is Cc1ccc(Cn2ccc3c(C)cccc32)c(Cl)c1. The predicted octanol–water partition coefficient (Wildman–Crippen LogP) is 4.96. The largest absolute Gasteiger partial charge is 0.343 e. The summed E-state index contributed by atoms with van der Waals surface area (Å²) in [5.41, 5.74) is 4.93. The third-order valence-electron chi connectivity index (χ3n) is 3.58. The minimum atomic E-state index is 0.812. The molecule has 2 aromatic carbocycles. The van der Waals surface area contributed by atoms with Crippen LogP contribution in [0.3, 0.4) is 0 Å². The average Bonchev–Trinajstić information content (AvgIpc) is 2.78. The molecule has 0 bridgehead atoms. The van der Waals surface area contributed by atoms with Crippen LogP contribution in [0.1, 0.15) is 16.7 Å². The Morgan fingerprint density at radius 3 is 2.68 bits per heavy atom. The Labute approximate surface area is 118 Å². The molecular formula is C17H16ClN. The van der Waals surface area contributed by atoms with Crippen LogP contribution in [0.2, 0.25) is 5.02 Å². The van der Waals surface area contributed by atoms with E-state index in [-0.39, 0.29) is 0 Å². The summed E-state index contributed by atoms with van der Waals surface area (Å²) in [5, 5.41) is 2.15. The molecule has 1 heterocycles. The first-order valence-electron chi connectivity index (χ1n) is 6.44. The molecule has 3 aromatic rings. The fourth-order valence-electron chi connectivity index (χ4n) is 2.48. The first-order chi connectivity index (χ1) is 9.15. The summed E-state index contributed by atoms with van der Waals surface area (Å²) in [6, 6.07) is 14.8. The first-order valence-corrected chi connectivity index (χ1v) is 6.82. The van der Waals surface area contributed by atoms with Crippen LogP contribution in [0.4, 0.5) is 0 Å². The predicted molar refractivity (Wildman–Crippen MR) is 82.0 cm³/mol. The number of hydrogen-bond acceptors (Lipinski definition) is 0. The summed E-state index contributed by atoms with van der Waals surface area (Å²) < 4.78 is 2.25. The third-order valence-corrected chi connectivity index (χ3v) is 3.93. The van der Waals surface area contributed by atoms with E-state index in [4.69, 9.17) is 11.6 Å². The molecule has 0 fully saturated rings. The number of fused-ring (bicyclic) bond motifs is 1. The smallest absolute Gasteiger partial charge is 0.0490 e. The van der Waals surface area contributed by atoms with Crippen LogP contribution in [0.5, 0.6) is 0 Å². The van der Waals surface area contributed by atoms with Crippen molar-refractivity contribution in [2.24, 2.45) is 0 Å². The minimum Gasteiger partial charge on any atom is -0.343 e. The van der Waals surface area contributed by atoms with Crippen molar-refractivity contribution < 1.29 is 0 Å². The molecule has 0 N–H and O–H groups in total. The van der Waals surface area contributed by atoms with Crippen LogP contribution in [-0.4, -0.2) is 4.57 Å². The molecule has 1 nitrogen and oxygen atoms in total. The van der Waals surface area contributed by atoms with Crippen LogP contribution in [-0.2, 0) is 6.54 Å². The molecule has 96 valence electrons. The van der Waals surface area contributed by atoms with Gasteiger partial charge in [-0.25, -0.2) is 0 Å². The fourth-order valence-corrected chi connectivity index (χ4v) is 2.77. The van der Waals surface area contributed by atoms with Gasteiger partial charge in [-0.15, -0.1) is 0 Å². The van der Waals surface area contributed by atoms with Gasteiger partial charge < -0.3 is 4.57 Å². The van der Waals surface area contributed by atoms with Crippen LogP contribution in [0.15, 0.2) is 48.7 Å². The highest BCUT2D eigenvalue weighted by Crippen LogP contribution is 2.23. The maximum absolute atomic E-state index is 6.32. The molecule has 3 rings (SSSR count). The van der Waals surface area contributed by atoms with Crippen molar-refractivity contribution in [3.63, 3.8) is 0 Å². The van der Waals surface area contributed by atoms with Crippen LogP contribution in [0.25, 0.3) is 10.9 Å². The van der Waals surface area contributed by atoms with Gasteiger partial charge in [0, 0.05) is 28.7 Å². The molecule has 0 saturated carbocycles. The van der Waals surface area contributed by atoms with Crippen molar-refractivity contribution in [3.8, 4) is 0 Å². The standard InChI is InChI=1S/C17H16ClN/c1-12-6-7-14(16(18)10-12)11-19-9-8-15-13(2)4-3-5-17(15)19/h3-10H,11H2,1-2H3. The second kappa shape index (κ2) is 4.75. The Balaban J connectivity index is 2.04. The molecular weight excluding hydrogens is 254 g/mol. The Hall–Kier alpha value is -1.73. The summed E-state index contributed by atoms with van der Waals surface area (Å²) in [6.45, 7) is 5.02. The Kier molecular flexibility index (Phi) is 3.08. The second-order valence-corrected chi connectivity index (χ2v) is 5.45. The average molecular weight is 270 g/mol. The Morgan fingerprint density at radius 1 is 1.05 bits per heavy atom. The quantitative estimate of drug-likeness (QED) is 0.620. The van der Waals surface area contributed by atoms with Gasteiger partial charge in [0.15, 0.2) is 0 Å². The Morgan fingerprint density at radius 2 is 1.89 bits per heavy atom. The van der Waals surface area contributed by atoms with E-state index >= 15 is 0 Å². The minimum absolute atomic E-state index is 0.812. The lowest BCUT2D eigenvalue weighted by Crippen LogP contribution is -1.98. The lowest BCUT2D eigenvalue weighted by molar-refractivity contribution is 0.836. The number of benzene rings is 2. The van der Waals surface area contributed by atoms with E-state index in [0.717, 1.165) is 17.1 Å². The van der Waals surface area contributed by atoms with Crippen LogP contribution >= 0.6 is 11.6 Å². The molecule has 19 heavy (non-hydrogen) atoms. The fraction of sp³-hybridized carbons (Fsp3) is 0.176. The van der Waals surface area contributed by atoms with E-state index in [0.29, 0.717) is 0 Å². The number of nitrogens with zero attached hydrogens (tertiary/aromatic N) is 1. The van der Waals surface area contributed by atoms with Gasteiger partial charge >= 0.3 is 0 Å². The normalized spacial score (nSPS) is 11.1. The molecule has 0 atom stereocenters. The van der Waals surface area contributed by atoms with Crippen molar-refractivity contribution in [2.45, 2.75) is 20.4 Å². The molecule has 0 radical (unpaired) electrons. The summed E-state index contributed by atoms with van der Waals surface area (Å²) in [7, 11) is 0. The molecule has 1 aromatic heterocycles. The van der Waals surface area contributed by atoms with Crippen LogP contribution < -0.4 is 0 Å². The lowest BCUT2D eigenvalue weighted by Gasteiger charge is -2.09. The van der Waals surface area contributed by atoms with Gasteiger partial charge in [0.25, 0.3) is 0 Å². The van der Waals surface area contributed by atoms with E-state index in [1.807, 2.05) is 6.07 Å². The van der Waals surface area contributed by atoms with Crippen molar-refractivity contribution >= 4 is 22.5 Å². The summed E-state index contributed by atoms with van der Waals surface area (Å²) in [6.07, 6.45) is 2.13. The molecule has 0 aliphatic rings. The maximum atomic E-state index is 6.32. The number of hydrogen-bond donors (Lipinski definition) is 0. The van der Waals surface area contributed by atoms with E-state index in [2.05, 4.69) is 61.0 Å². The van der Waals surface area contributed by atoms with Gasteiger partial charge in [0.1, 0.15) is 0 Å². The topological polar surface area (TPSA) is 4.93 Å². The molecule has 2 heteroatoms. The van der Waals surface area contributed by atoms with E-state index < -0.39 is 0 Å². The number of aryl methyl sites for hydroxylation is 2. The van der Waals surface area contributed by atoms with Crippen molar-refractivity contribution in [2.75, 3.05) is 0 Å². The zero-order valence-corrected chi connectivity index (χ0v) is 11.9. The maximum Gasteiger partial charge on any atom is 0.0490 e. The number of halogens is 1. The highest BCUT2D eigenvalue weighted by Gasteiger charge is 2.06. The monoisotopic (exact) mass is 269 g/mol. The van der Waals surface area contributed by atoms with E-state index in [9.17, 15) is 0 Å². The second-order valence-electron chi connectivity index (χ2n) is 5.05. The molecule has 0 aliphatic carbocycles. The van der Waals surface area contributed by atoms with E-state index in [1.54, 1.807) is 0 Å². The zero-order valence-electron chi connectivity index (χ0n) is 11.2. The molecule has 0 spiro atoms. The summed E-state index contributed by atoms with van der Waals surface area (Å²) >= 11 is 6.32. The summed E-state index contributed by atoms with van der Waals surface area (Å²) in [5.74, 6) is 0. The molecule has 0 saturated heterocycles. The van der Waals surface area contributed by atoms with Gasteiger partial charge in [0.05, 0.1) is 0 Å². The Bertz CT molecular complexity index is 740. The first kappa shape index (κ1) is 12.3. The van der Waals surface area contributed by atoms with Crippen molar-refractivity contribution in [1.82, 2.24) is 4.57 Å². The lowest BCUT2D eigenvalue weighted by atomic mass is 10.1. The number of aromatic nitrogens is 1.